The van der Waals surface area contributed by atoms with Crippen LogP contribution in [-0.2, 0) is 13.0 Å². The largest absolute Gasteiger partial charge is 0.487 e. The van der Waals surface area contributed by atoms with Crippen LogP contribution in [0.15, 0.2) is 47.2 Å². The molecular formula is C16H19BrN2O. The van der Waals surface area contributed by atoms with Gasteiger partial charge in [0.25, 0.3) is 0 Å². The zero-order chi connectivity index (χ0) is 14.4. The lowest BCUT2D eigenvalue weighted by atomic mass is 10.0. The molecule has 1 aromatic heterocycles. The molecule has 106 valence electrons. The minimum Gasteiger partial charge on any atom is -0.487 e. The summed E-state index contributed by atoms with van der Waals surface area (Å²) < 4.78 is 6.92. The number of para-hydroxylation sites is 1. The lowest BCUT2D eigenvalue weighted by molar-refractivity contribution is 0.299. The highest BCUT2D eigenvalue weighted by Crippen LogP contribution is 2.30. The average molecular weight is 335 g/mol. The van der Waals surface area contributed by atoms with Crippen LogP contribution in [0.1, 0.15) is 24.5 Å². The van der Waals surface area contributed by atoms with E-state index in [2.05, 4.69) is 33.9 Å². The molecule has 2 rings (SSSR count). The maximum absolute atomic E-state index is 6.05. The van der Waals surface area contributed by atoms with Crippen molar-refractivity contribution in [3.05, 3.63) is 58.3 Å². The zero-order valence-corrected chi connectivity index (χ0v) is 13.1. The molecule has 0 aliphatic heterocycles. The number of halogens is 1. The molecule has 0 amide bonds. The molecule has 0 saturated carbocycles. The molecule has 0 aliphatic carbocycles. The average Bonchev–Trinajstić information content (AvgIpc) is 2.47. The number of nitrogens with two attached hydrogens (primary N) is 1. The number of nitrogens with zero attached hydrogens (tertiary/aromatic N) is 1. The number of rotatable bonds is 6. The van der Waals surface area contributed by atoms with E-state index in [0.29, 0.717) is 6.61 Å². The third-order valence-corrected chi connectivity index (χ3v) is 3.79. The summed E-state index contributed by atoms with van der Waals surface area (Å²) in [6.07, 6.45) is 5.34. The number of hydrogen-bond acceptors (Lipinski definition) is 3. The molecule has 1 heterocycles. The second kappa shape index (κ2) is 7.41. The van der Waals surface area contributed by atoms with E-state index in [4.69, 9.17) is 10.5 Å². The SMILES string of the molecule is CCC(N)Cc1cccc(Br)c1OCc1cccnc1. The molecule has 3 nitrogen and oxygen atoms in total. The predicted octanol–water partition coefficient (Wildman–Crippen LogP) is 3.70. The second-order valence-corrected chi connectivity index (χ2v) is 5.60. The van der Waals surface area contributed by atoms with Crippen molar-refractivity contribution >= 4 is 15.9 Å². The van der Waals surface area contributed by atoms with Gasteiger partial charge in [-0.3, -0.25) is 4.98 Å². The van der Waals surface area contributed by atoms with E-state index in [-0.39, 0.29) is 6.04 Å². The molecule has 0 saturated heterocycles. The molecule has 1 aromatic carbocycles. The smallest absolute Gasteiger partial charge is 0.137 e. The van der Waals surface area contributed by atoms with Crippen molar-refractivity contribution in [3.8, 4) is 5.75 Å². The van der Waals surface area contributed by atoms with Gasteiger partial charge in [-0.25, -0.2) is 0 Å². The van der Waals surface area contributed by atoms with Crippen LogP contribution in [0.5, 0.6) is 5.75 Å². The Balaban J connectivity index is 2.13. The summed E-state index contributed by atoms with van der Waals surface area (Å²) in [4.78, 5) is 4.09. The van der Waals surface area contributed by atoms with Crippen LogP contribution in [0.4, 0.5) is 0 Å². The topological polar surface area (TPSA) is 48.1 Å². The van der Waals surface area contributed by atoms with Gasteiger partial charge >= 0.3 is 0 Å². The highest BCUT2D eigenvalue weighted by molar-refractivity contribution is 9.10. The third kappa shape index (κ3) is 4.05. The van der Waals surface area contributed by atoms with Gasteiger partial charge in [0.15, 0.2) is 0 Å². The fourth-order valence-electron chi connectivity index (χ4n) is 1.94. The van der Waals surface area contributed by atoms with Crippen molar-refractivity contribution in [2.45, 2.75) is 32.4 Å². The van der Waals surface area contributed by atoms with E-state index in [9.17, 15) is 0 Å². The Hall–Kier alpha value is -1.39. The predicted molar refractivity (Wildman–Crippen MR) is 84.7 cm³/mol. The highest BCUT2D eigenvalue weighted by atomic mass is 79.9. The summed E-state index contributed by atoms with van der Waals surface area (Å²) in [6, 6.07) is 10.1. The van der Waals surface area contributed by atoms with Gasteiger partial charge in [0.05, 0.1) is 4.47 Å². The first kappa shape index (κ1) is 15.0. The fourth-order valence-corrected chi connectivity index (χ4v) is 2.46. The van der Waals surface area contributed by atoms with Gasteiger partial charge in [-0.1, -0.05) is 25.1 Å². The molecule has 0 bridgehead atoms. The summed E-state index contributed by atoms with van der Waals surface area (Å²) in [5.41, 5.74) is 8.24. The molecule has 1 atom stereocenters. The van der Waals surface area contributed by atoms with Crippen molar-refractivity contribution in [1.29, 1.82) is 0 Å². The van der Waals surface area contributed by atoms with Gasteiger partial charge in [-0.05, 0) is 46.5 Å². The highest BCUT2D eigenvalue weighted by Gasteiger charge is 2.11. The van der Waals surface area contributed by atoms with E-state index in [1.54, 1.807) is 6.20 Å². The summed E-state index contributed by atoms with van der Waals surface area (Å²) in [7, 11) is 0. The number of pyridine rings is 1. The second-order valence-electron chi connectivity index (χ2n) is 4.75. The lowest BCUT2D eigenvalue weighted by Gasteiger charge is -2.15. The quantitative estimate of drug-likeness (QED) is 0.876. The first-order chi connectivity index (χ1) is 9.70. The van der Waals surface area contributed by atoms with E-state index in [1.807, 2.05) is 30.5 Å². The van der Waals surface area contributed by atoms with E-state index in [0.717, 1.165) is 34.2 Å². The molecule has 4 heteroatoms. The Labute approximate surface area is 128 Å². The minimum atomic E-state index is 0.157. The van der Waals surface area contributed by atoms with Crippen LogP contribution in [0.3, 0.4) is 0 Å². The number of aromatic nitrogens is 1. The first-order valence-electron chi connectivity index (χ1n) is 6.75. The van der Waals surface area contributed by atoms with Crippen LogP contribution >= 0.6 is 15.9 Å². The normalized spacial score (nSPS) is 12.2. The zero-order valence-electron chi connectivity index (χ0n) is 11.6. The maximum Gasteiger partial charge on any atom is 0.137 e. The summed E-state index contributed by atoms with van der Waals surface area (Å²) in [6.45, 7) is 2.60. The van der Waals surface area contributed by atoms with Gasteiger partial charge in [0.1, 0.15) is 12.4 Å². The third-order valence-electron chi connectivity index (χ3n) is 3.16. The lowest BCUT2D eigenvalue weighted by Crippen LogP contribution is -2.21. The van der Waals surface area contributed by atoms with E-state index < -0.39 is 0 Å². The molecule has 1 unspecified atom stereocenters. The molecule has 0 fully saturated rings. The standard InChI is InChI=1S/C16H19BrN2O/c1-2-14(18)9-13-6-3-7-15(17)16(13)20-11-12-5-4-8-19-10-12/h3-8,10,14H,2,9,11,18H2,1H3. The summed E-state index contributed by atoms with van der Waals surface area (Å²) >= 11 is 3.55. The molecule has 2 aromatic rings. The van der Waals surface area contributed by atoms with Crippen LogP contribution in [-0.4, -0.2) is 11.0 Å². The Morgan fingerprint density at radius 3 is 2.85 bits per heavy atom. The van der Waals surface area contributed by atoms with Crippen LogP contribution in [0.2, 0.25) is 0 Å². The molecule has 0 radical (unpaired) electrons. The van der Waals surface area contributed by atoms with Crippen molar-refractivity contribution < 1.29 is 4.74 Å². The van der Waals surface area contributed by atoms with E-state index >= 15 is 0 Å². The minimum absolute atomic E-state index is 0.157. The summed E-state index contributed by atoms with van der Waals surface area (Å²) in [5, 5.41) is 0. The van der Waals surface area contributed by atoms with Gasteiger partial charge in [0, 0.05) is 24.0 Å². The molecular weight excluding hydrogens is 316 g/mol. The fraction of sp³-hybridized carbons (Fsp3) is 0.312. The Morgan fingerprint density at radius 1 is 1.30 bits per heavy atom. The van der Waals surface area contributed by atoms with Gasteiger partial charge in [-0.2, -0.15) is 0 Å². The van der Waals surface area contributed by atoms with Crippen LogP contribution in [0.25, 0.3) is 0 Å². The number of benzene rings is 1. The monoisotopic (exact) mass is 334 g/mol. The number of ether oxygens (including phenoxy) is 1. The van der Waals surface area contributed by atoms with E-state index in [1.165, 1.54) is 0 Å². The Kier molecular flexibility index (Phi) is 5.56. The Morgan fingerprint density at radius 2 is 2.15 bits per heavy atom. The Bertz CT molecular complexity index is 545. The van der Waals surface area contributed by atoms with Crippen LogP contribution in [0, 0.1) is 0 Å². The maximum atomic E-state index is 6.05. The number of hydrogen-bond donors (Lipinski definition) is 1. The van der Waals surface area contributed by atoms with Crippen molar-refractivity contribution in [1.82, 2.24) is 4.98 Å². The molecule has 0 spiro atoms. The first-order valence-corrected chi connectivity index (χ1v) is 7.54. The molecule has 0 aliphatic rings. The van der Waals surface area contributed by atoms with Crippen molar-refractivity contribution in [2.75, 3.05) is 0 Å². The van der Waals surface area contributed by atoms with Gasteiger partial charge in [0.2, 0.25) is 0 Å². The summed E-state index contributed by atoms with van der Waals surface area (Å²) in [5.74, 6) is 0.875. The molecule has 20 heavy (non-hydrogen) atoms. The molecule has 2 N–H and O–H groups in total. The van der Waals surface area contributed by atoms with Crippen molar-refractivity contribution in [3.63, 3.8) is 0 Å². The van der Waals surface area contributed by atoms with Gasteiger partial charge in [-0.15, -0.1) is 0 Å². The van der Waals surface area contributed by atoms with Crippen molar-refractivity contribution in [2.24, 2.45) is 5.73 Å². The van der Waals surface area contributed by atoms with Crippen LogP contribution < -0.4 is 10.5 Å². The van der Waals surface area contributed by atoms with Gasteiger partial charge < -0.3 is 10.5 Å².